The van der Waals surface area contributed by atoms with Gasteiger partial charge in [-0.2, -0.15) is 0 Å². The van der Waals surface area contributed by atoms with E-state index in [2.05, 4.69) is 16.0 Å². The molecule has 3 heterocycles. The summed E-state index contributed by atoms with van der Waals surface area (Å²) in [7, 11) is 0. The zero-order valence-electron chi connectivity index (χ0n) is 14.9. The molecule has 0 aliphatic rings. The average Bonchev–Trinajstić information content (AvgIpc) is 3.32. The third-order valence-corrected chi connectivity index (χ3v) is 7.60. The van der Waals surface area contributed by atoms with Gasteiger partial charge in [-0.25, -0.2) is 9.97 Å². The lowest BCUT2D eigenvalue weighted by Crippen LogP contribution is -2.12. The zero-order chi connectivity index (χ0) is 19.1. The molecule has 0 radical (unpaired) electrons. The van der Waals surface area contributed by atoms with E-state index in [0.29, 0.717) is 11.2 Å². The highest BCUT2D eigenvalue weighted by atomic mass is 32.2. The van der Waals surface area contributed by atoms with Crippen LogP contribution in [0.4, 0.5) is 0 Å². The Morgan fingerprint density at radius 1 is 1.04 bits per heavy atom. The average molecular weight is 422 g/mol. The van der Waals surface area contributed by atoms with E-state index in [1.165, 1.54) is 16.0 Å². The number of hydrogen-bond donors (Lipinski definition) is 1. The topological polar surface area (TPSA) is 58.6 Å². The van der Waals surface area contributed by atoms with Crippen LogP contribution < -0.4 is 5.56 Å². The molecule has 1 N–H and O–H groups in total. The molecule has 0 spiro atoms. The number of nitrogens with one attached hydrogen (secondary N) is 1. The SMILES string of the molecule is CC(Sc1nc2ccccc2s1)c1nc2scc(-c3ccccc3)c2c(=O)[nH]1. The summed E-state index contributed by atoms with van der Waals surface area (Å²) in [6.07, 6.45) is 0. The number of para-hydroxylation sites is 1. The van der Waals surface area contributed by atoms with Crippen LogP contribution in [-0.4, -0.2) is 15.0 Å². The van der Waals surface area contributed by atoms with Gasteiger partial charge in [-0.1, -0.05) is 54.2 Å². The van der Waals surface area contributed by atoms with Crippen molar-refractivity contribution in [1.82, 2.24) is 15.0 Å². The molecule has 1 unspecified atom stereocenters. The van der Waals surface area contributed by atoms with Crippen molar-refractivity contribution in [1.29, 1.82) is 0 Å². The number of rotatable bonds is 4. The van der Waals surface area contributed by atoms with E-state index in [1.54, 1.807) is 23.1 Å². The molecule has 3 aromatic heterocycles. The van der Waals surface area contributed by atoms with Crippen LogP contribution in [0.1, 0.15) is 18.0 Å². The quantitative estimate of drug-likeness (QED) is 0.355. The Morgan fingerprint density at radius 3 is 2.64 bits per heavy atom. The molecule has 5 aromatic rings. The maximum Gasteiger partial charge on any atom is 0.260 e. The smallest absolute Gasteiger partial charge is 0.260 e. The van der Waals surface area contributed by atoms with Crippen LogP contribution in [-0.2, 0) is 0 Å². The number of aromatic nitrogens is 3. The van der Waals surface area contributed by atoms with Crippen LogP contribution in [0.3, 0.4) is 0 Å². The summed E-state index contributed by atoms with van der Waals surface area (Å²) < 4.78 is 2.15. The summed E-state index contributed by atoms with van der Waals surface area (Å²) in [6.45, 7) is 2.05. The summed E-state index contributed by atoms with van der Waals surface area (Å²) >= 11 is 4.80. The highest BCUT2D eigenvalue weighted by molar-refractivity contribution is 8.01. The second kappa shape index (κ2) is 7.16. The fraction of sp³-hybridized carbons (Fsp3) is 0.0952. The van der Waals surface area contributed by atoms with Crippen molar-refractivity contribution in [3.8, 4) is 11.1 Å². The molecular weight excluding hydrogens is 406 g/mol. The summed E-state index contributed by atoms with van der Waals surface area (Å²) in [6, 6.07) is 18.1. The first kappa shape index (κ1) is 17.6. The monoisotopic (exact) mass is 421 g/mol. The Kier molecular flexibility index (Phi) is 4.50. The Labute approximate surface area is 173 Å². The van der Waals surface area contributed by atoms with E-state index in [9.17, 15) is 4.79 Å². The van der Waals surface area contributed by atoms with E-state index >= 15 is 0 Å². The van der Waals surface area contributed by atoms with E-state index in [1.807, 2.05) is 60.8 Å². The van der Waals surface area contributed by atoms with E-state index < -0.39 is 0 Å². The van der Waals surface area contributed by atoms with Crippen LogP contribution in [0.5, 0.6) is 0 Å². The Hall–Kier alpha value is -2.48. The molecule has 0 aliphatic carbocycles. The van der Waals surface area contributed by atoms with E-state index in [0.717, 1.165) is 25.8 Å². The lowest BCUT2D eigenvalue weighted by Gasteiger charge is -2.08. The van der Waals surface area contributed by atoms with Gasteiger partial charge in [0.1, 0.15) is 10.7 Å². The summed E-state index contributed by atoms with van der Waals surface area (Å²) in [5.41, 5.74) is 2.89. The molecular formula is C21H15N3OS3. The normalized spacial score (nSPS) is 12.6. The number of hydrogen-bond acceptors (Lipinski definition) is 6. The number of H-pyrrole nitrogens is 1. The van der Waals surface area contributed by atoms with Gasteiger partial charge in [0.15, 0.2) is 4.34 Å². The van der Waals surface area contributed by atoms with Crippen LogP contribution in [0.2, 0.25) is 0 Å². The Bertz CT molecular complexity index is 1300. The van der Waals surface area contributed by atoms with Crippen LogP contribution in [0.25, 0.3) is 31.6 Å². The van der Waals surface area contributed by atoms with Crippen molar-refractivity contribution in [3.63, 3.8) is 0 Å². The maximum absolute atomic E-state index is 12.8. The number of thioether (sulfide) groups is 1. The van der Waals surface area contributed by atoms with Crippen molar-refractivity contribution >= 4 is 54.9 Å². The minimum atomic E-state index is -0.0862. The number of fused-ring (bicyclic) bond motifs is 2. The number of benzene rings is 2. The number of nitrogens with zero attached hydrogens (tertiary/aromatic N) is 2. The van der Waals surface area contributed by atoms with Crippen molar-refractivity contribution in [2.24, 2.45) is 0 Å². The minimum Gasteiger partial charge on any atom is -0.309 e. The van der Waals surface area contributed by atoms with E-state index in [-0.39, 0.29) is 10.8 Å². The maximum atomic E-state index is 12.8. The van der Waals surface area contributed by atoms with Gasteiger partial charge in [0.05, 0.1) is 20.9 Å². The summed E-state index contributed by atoms with van der Waals surface area (Å²) in [4.78, 5) is 26.0. The van der Waals surface area contributed by atoms with Crippen molar-refractivity contribution in [3.05, 3.63) is 76.2 Å². The van der Waals surface area contributed by atoms with Gasteiger partial charge in [0.25, 0.3) is 5.56 Å². The van der Waals surface area contributed by atoms with Gasteiger partial charge in [0.2, 0.25) is 0 Å². The van der Waals surface area contributed by atoms with Crippen LogP contribution in [0.15, 0.2) is 69.1 Å². The van der Waals surface area contributed by atoms with Crippen LogP contribution in [0, 0.1) is 0 Å². The molecule has 7 heteroatoms. The third-order valence-electron chi connectivity index (χ3n) is 4.48. The zero-order valence-corrected chi connectivity index (χ0v) is 17.3. The highest BCUT2D eigenvalue weighted by Gasteiger charge is 2.18. The van der Waals surface area contributed by atoms with Crippen molar-refractivity contribution < 1.29 is 0 Å². The Balaban J connectivity index is 1.50. The largest absolute Gasteiger partial charge is 0.309 e. The summed E-state index contributed by atoms with van der Waals surface area (Å²) in [5, 5.41) is 2.68. The van der Waals surface area contributed by atoms with Crippen molar-refractivity contribution in [2.75, 3.05) is 0 Å². The molecule has 2 aromatic carbocycles. The molecule has 0 fully saturated rings. The molecule has 5 rings (SSSR count). The molecule has 0 saturated carbocycles. The number of aromatic amines is 1. The number of thiazole rings is 1. The molecule has 0 bridgehead atoms. The fourth-order valence-corrected chi connectivity index (χ4v) is 6.32. The lowest BCUT2D eigenvalue weighted by atomic mass is 10.1. The van der Waals surface area contributed by atoms with Gasteiger partial charge < -0.3 is 4.98 Å². The standard InChI is InChI=1S/C21H15N3OS3/c1-12(27-21-22-15-9-5-6-10-16(15)28-21)18-23-19(25)17-14(11-26-20(17)24-18)13-7-3-2-4-8-13/h2-12H,1H3,(H,23,24,25). The van der Waals surface area contributed by atoms with Gasteiger partial charge in [0, 0.05) is 10.9 Å². The summed E-state index contributed by atoms with van der Waals surface area (Å²) in [5.74, 6) is 0.684. The van der Waals surface area contributed by atoms with Crippen LogP contribution >= 0.6 is 34.4 Å². The second-order valence-electron chi connectivity index (χ2n) is 6.35. The highest BCUT2D eigenvalue weighted by Crippen LogP contribution is 2.38. The van der Waals surface area contributed by atoms with Gasteiger partial charge in [-0.05, 0) is 24.6 Å². The number of thiophene rings is 1. The molecule has 0 amide bonds. The molecule has 138 valence electrons. The lowest BCUT2D eigenvalue weighted by molar-refractivity contribution is 0.925. The van der Waals surface area contributed by atoms with E-state index in [4.69, 9.17) is 4.98 Å². The first-order chi connectivity index (χ1) is 13.7. The first-order valence-electron chi connectivity index (χ1n) is 8.78. The predicted octanol–water partition coefficient (Wildman–Crippen LogP) is 6.11. The molecule has 4 nitrogen and oxygen atoms in total. The van der Waals surface area contributed by atoms with Gasteiger partial charge >= 0.3 is 0 Å². The molecule has 1 atom stereocenters. The Morgan fingerprint density at radius 2 is 1.82 bits per heavy atom. The molecule has 28 heavy (non-hydrogen) atoms. The fourth-order valence-electron chi connectivity index (χ4n) is 3.10. The molecule has 0 saturated heterocycles. The minimum absolute atomic E-state index is 0.0000578. The molecule has 0 aliphatic heterocycles. The van der Waals surface area contributed by atoms with Gasteiger partial charge in [-0.15, -0.1) is 22.7 Å². The van der Waals surface area contributed by atoms with Gasteiger partial charge in [-0.3, -0.25) is 4.79 Å². The van der Waals surface area contributed by atoms with Crippen molar-refractivity contribution in [2.45, 2.75) is 16.5 Å². The predicted molar refractivity (Wildman–Crippen MR) is 120 cm³/mol. The second-order valence-corrected chi connectivity index (χ2v) is 9.83. The third kappa shape index (κ3) is 3.15. The first-order valence-corrected chi connectivity index (χ1v) is 11.4.